The third-order valence-electron chi connectivity index (χ3n) is 2.08. The predicted molar refractivity (Wildman–Crippen MR) is 64.1 cm³/mol. The average molecular weight is 245 g/mol. The molecule has 2 rings (SSSR count). The fourth-order valence-corrected chi connectivity index (χ4v) is 1.24. The molecule has 0 aliphatic heterocycles. The van der Waals surface area contributed by atoms with Crippen molar-refractivity contribution in [2.75, 3.05) is 0 Å². The molecule has 2 aromatic heterocycles. The first-order chi connectivity index (χ1) is 8.75. The molecular weight excluding hydrogens is 234 g/mol. The highest BCUT2D eigenvalue weighted by molar-refractivity contribution is 5.96. The third kappa shape index (κ3) is 3.11. The lowest BCUT2D eigenvalue weighted by molar-refractivity contribution is -0.117. The highest BCUT2D eigenvalue weighted by atomic mass is 16.3. The summed E-state index contributed by atoms with van der Waals surface area (Å²) < 4.78 is 5.01. The average Bonchev–Trinajstić information content (AvgIpc) is 3.05. The maximum Gasteiger partial charge on any atom is 0.286 e. The van der Waals surface area contributed by atoms with Gasteiger partial charge in [0.1, 0.15) is 11.5 Å². The van der Waals surface area contributed by atoms with Crippen LogP contribution in [0, 0.1) is 0 Å². The first kappa shape index (κ1) is 11.7. The molecular formula is C12H11N3O3. The summed E-state index contributed by atoms with van der Waals surface area (Å²) >= 11 is 0. The van der Waals surface area contributed by atoms with E-state index in [1.807, 2.05) is 0 Å². The predicted octanol–water partition coefficient (Wildman–Crippen LogP) is 1.08. The maximum absolute atomic E-state index is 11.4. The van der Waals surface area contributed by atoms with E-state index in [-0.39, 0.29) is 0 Å². The number of hydrogen-bond acceptors (Lipinski definition) is 3. The van der Waals surface area contributed by atoms with Gasteiger partial charge in [-0.2, -0.15) is 0 Å². The smallest absolute Gasteiger partial charge is 0.286 e. The van der Waals surface area contributed by atoms with Crippen LogP contribution in [0.2, 0.25) is 0 Å². The first-order valence-electron chi connectivity index (χ1n) is 5.21. The highest BCUT2D eigenvalue weighted by Crippen LogP contribution is 2.01. The molecule has 0 saturated heterocycles. The lowest BCUT2D eigenvalue weighted by atomic mass is 10.4. The number of furan rings is 1. The largest absolute Gasteiger partial charge is 0.465 e. The normalized spacial score (nSPS) is 10.4. The molecule has 2 amide bonds. The topological polar surface area (TPSA) is 87.1 Å². The number of hydrazine groups is 1. The molecule has 6 nitrogen and oxygen atoms in total. The molecule has 0 bridgehead atoms. The second-order valence-corrected chi connectivity index (χ2v) is 3.38. The summed E-state index contributed by atoms with van der Waals surface area (Å²) in [6.07, 6.45) is 5.88. The molecule has 0 radical (unpaired) electrons. The lowest BCUT2D eigenvalue weighted by Crippen LogP contribution is -2.40. The molecule has 92 valence electrons. The van der Waals surface area contributed by atoms with Crippen LogP contribution >= 0.6 is 0 Å². The monoisotopic (exact) mass is 245 g/mol. The van der Waals surface area contributed by atoms with Crippen LogP contribution in [0.5, 0.6) is 0 Å². The Balaban J connectivity index is 1.80. The molecule has 6 heteroatoms. The minimum Gasteiger partial charge on any atom is -0.465 e. The van der Waals surface area contributed by atoms with Crippen molar-refractivity contribution < 1.29 is 14.0 Å². The fraction of sp³-hybridized carbons (Fsp3) is 0. The maximum atomic E-state index is 11.4. The summed E-state index contributed by atoms with van der Waals surface area (Å²) in [6, 6.07) is 6.71. The Labute approximate surface area is 103 Å². The van der Waals surface area contributed by atoms with Crippen LogP contribution in [0.1, 0.15) is 16.2 Å². The summed E-state index contributed by atoms with van der Waals surface area (Å²) in [4.78, 5) is 25.5. The molecule has 0 aliphatic rings. The summed E-state index contributed by atoms with van der Waals surface area (Å²) in [7, 11) is 0. The zero-order valence-electron chi connectivity index (χ0n) is 9.34. The van der Waals surface area contributed by atoms with E-state index in [4.69, 9.17) is 4.42 Å². The van der Waals surface area contributed by atoms with Crippen LogP contribution in [-0.2, 0) is 4.79 Å². The number of carbonyl (C=O) groups excluding carboxylic acids is 2. The van der Waals surface area contributed by atoms with Gasteiger partial charge in [-0.3, -0.25) is 20.4 Å². The zero-order chi connectivity index (χ0) is 12.8. The molecule has 2 heterocycles. The number of nitrogens with one attached hydrogen (secondary N) is 3. The minimum atomic E-state index is -0.452. The van der Waals surface area contributed by atoms with E-state index in [1.54, 1.807) is 30.5 Å². The molecule has 0 aromatic carbocycles. The van der Waals surface area contributed by atoms with Crippen molar-refractivity contribution in [3.8, 4) is 0 Å². The van der Waals surface area contributed by atoms with Gasteiger partial charge in [0.15, 0.2) is 0 Å². The Morgan fingerprint density at radius 3 is 2.78 bits per heavy atom. The minimum absolute atomic E-state index is 0.366. The van der Waals surface area contributed by atoms with E-state index >= 15 is 0 Å². The van der Waals surface area contributed by atoms with Crippen molar-refractivity contribution in [1.29, 1.82) is 0 Å². The molecule has 0 unspecified atom stereocenters. The van der Waals surface area contributed by atoms with Crippen LogP contribution in [-0.4, -0.2) is 16.8 Å². The highest BCUT2D eigenvalue weighted by Gasteiger charge is 2.05. The van der Waals surface area contributed by atoms with Gasteiger partial charge in [-0.05, 0) is 30.3 Å². The third-order valence-corrected chi connectivity index (χ3v) is 2.08. The second kappa shape index (κ2) is 5.53. The van der Waals surface area contributed by atoms with Gasteiger partial charge in [0.25, 0.3) is 11.8 Å². The van der Waals surface area contributed by atoms with E-state index in [1.165, 1.54) is 18.4 Å². The van der Waals surface area contributed by atoms with E-state index in [0.29, 0.717) is 11.5 Å². The summed E-state index contributed by atoms with van der Waals surface area (Å²) in [6.45, 7) is 0. The molecule has 0 atom stereocenters. The number of aromatic amines is 1. The Morgan fingerprint density at radius 1 is 1.22 bits per heavy atom. The quantitative estimate of drug-likeness (QED) is 0.558. The van der Waals surface area contributed by atoms with Crippen molar-refractivity contribution in [1.82, 2.24) is 15.8 Å². The van der Waals surface area contributed by atoms with Crippen LogP contribution in [0.25, 0.3) is 6.08 Å². The van der Waals surface area contributed by atoms with Crippen LogP contribution < -0.4 is 10.9 Å². The van der Waals surface area contributed by atoms with E-state index in [0.717, 1.165) is 0 Å². The van der Waals surface area contributed by atoms with Crippen LogP contribution in [0.15, 0.2) is 47.2 Å². The summed E-state index contributed by atoms with van der Waals surface area (Å²) in [5.41, 5.74) is 4.88. The second-order valence-electron chi connectivity index (χ2n) is 3.38. The van der Waals surface area contributed by atoms with Gasteiger partial charge < -0.3 is 9.40 Å². The Hall–Kier alpha value is -2.76. The van der Waals surface area contributed by atoms with Crippen molar-refractivity contribution in [2.45, 2.75) is 0 Å². The first-order valence-corrected chi connectivity index (χ1v) is 5.21. The van der Waals surface area contributed by atoms with Crippen LogP contribution in [0.4, 0.5) is 0 Å². The molecule has 3 N–H and O–H groups in total. The number of hydrogen-bond donors (Lipinski definition) is 3. The van der Waals surface area contributed by atoms with Crippen molar-refractivity contribution in [2.24, 2.45) is 0 Å². The number of amides is 2. The Kier molecular flexibility index (Phi) is 3.60. The summed E-state index contributed by atoms with van der Waals surface area (Å²) in [5, 5.41) is 0. The Morgan fingerprint density at radius 2 is 2.11 bits per heavy atom. The number of H-pyrrole nitrogens is 1. The Bertz CT molecular complexity index is 541. The lowest BCUT2D eigenvalue weighted by Gasteiger charge is -2.02. The molecule has 2 aromatic rings. The van der Waals surface area contributed by atoms with Crippen molar-refractivity contribution in [3.05, 3.63) is 54.3 Å². The number of carbonyl (C=O) groups is 2. The van der Waals surface area contributed by atoms with E-state index in [2.05, 4.69) is 15.8 Å². The SMILES string of the molecule is O=C(/C=C/c1ccco1)NNC(=O)c1ccc[nH]1. The van der Waals surface area contributed by atoms with Gasteiger partial charge in [-0.15, -0.1) is 0 Å². The molecule has 0 spiro atoms. The van der Waals surface area contributed by atoms with E-state index in [9.17, 15) is 9.59 Å². The standard InChI is InChI=1S/C12H11N3O3/c16-11(6-5-9-3-2-8-18-9)14-15-12(17)10-4-1-7-13-10/h1-8,13H,(H,14,16)(H,15,17)/b6-5+. The number of rotatable bonds is 3. The zero-order valence-corrected chi connectivity index (χ0v) is 9.34. The van der Waals surface area contributed by atoms with Gasteiger partial charge in [-0.1, -0.05) is 0 Å². The summed E-state index contributed by atoms with van der Waals surface area (Å²) in [5.74, 6) is -0.313. The molecule has 0 fully saturated rings. The van der Waals surface area contributed by atoms with Gasteiger partial charge in [0, 0.05) is 12.3 Å². The molecule has 18 heavy (non-hydrogen) atoms. The van der Waals surface area contributed by atoms with Gasteiger partial charge >= 0.3 is 0 Å². The van der Waals surface area contributed by atoms with Gasteiger partial charge in [-0.25, -0.2) is 0 Å². The molecule has 0 aliphatic carbocycles. The number of aromatic nitrogens is 1. The van der Waals surface area contributed by atoms with Gasteiger partial charge in [0.2, 0.25) is 0 Å². The molecule has 0 saturated carbocycles. The fourth-order valence-electron chi connectivity index (χ4n) is 1.24. The van der Waals surface area contributed by atoms with Crippen molar-refractivity contribution in [3.63, 3.8) is 0 Å². The van der Waals surface area contributed by atoms with E-state index < -0.39 is 11.8 Å². The van der Waals surface area contributed by atoms with Gasteiger partial charge in [0.05, 0.1) is 6.26 Å². The van der Waals surface area contributed by atoms with Crippen molar-refractivity contribution >= 4 is 17.9 Å². The van der Waals surface area contributed by atoms with Crippen LogP contribution in [0.3, 0.4) is 0 Å².